The van der Waals surface area contributed by atoms with Gasteiger partial charge in [0.1, 0.15) is 19.0 Å². The number of aliphatic hydroxyl groups is 1. The van der Waals surface area contributed by atoms with Crippen LogP contribution in [0.5, 0.6) is 5.75 Å². The van der Waals surface area contributed by atoms with E-state index >= 15 is 0 Å². The Bertz CT molecular complexity index is 1250. The summed E-state index contributed by atoms with van der Waals surface area (Å²) in [6.07, 6.45) is 12.9. The van der Waals surface area contributed by atoms with Crippen LogP contribution in [0.1, 0.15) is 101 Å². The van der Waals surface area contributed by atoms with Crippen LogP contribution in [-0.4, -0.2) is 43.5 Å². The van der Waals surface area contributed by atoms with Crippen molar-refractivity contribution in [3.63, 3.8) is 0 Å². The molecule has 0 unspecified atom stereocenters. The lowest BCUT2D eigenvalue weighted by molar-refractivity contribution is -0.140. The van der Waals surface area contributed by atoms with Crippen LogP contribution in [0.15, 0.2) is 60.7 Å². The molecule has 0 heterocycles. The number of ether oxygens (including phenoxy) is 3. The molecule has 2 aromatic carbocycles. The molecule has 1 N–H and O–H groups in total. The summed E-state index contributed by atoms with van der Waals surface area (Å²) in [5.74, 6) is 1.22. The van der Waals surface area contributed by atoms with E-state index in [4.69, 9.17) is 19.3 Å². The Labute approximate surface area is 264 Å². The molecule has 0 saturated heterocycles. The number of benzene rings is 2. The molecule has 2 aromatic rings. The standard InChI is InChI=1S/C38H52O6/c1-6-8-9-11-29-13-15-31(16-14-29)32-17-19-35(30(7-2)24-32)33-18-20-36(42-22-23-44-38(41)28(5)26-39)34(25-33)12-10-21-43-37(40)27(3)4/h17-20,24-25,29,31,39H,3,5-16,21-23,26H2,1-2,4H3. The molecule has 1 fully saturated rings. The molecule has 0 aliphatic heterocycles. The maximum Gasteiger partial charge on any atom is 0.335 e. The molecule has 0 radical (unpaired) electrons. The summed E-state index contributed by atoms with van der Waals surface area (Å²) >= 11 is 0. The monoisotopic (exact) mass is 604 g/mol. The summed E-state index contributed by atoms with van der Waals surface area (Å²) in [4.78, 5) is 23.6. The molecular formula is C38H52O6. The Hall–Kier alpha value is -3.38. The molecule has 0 atom stereocenters. The third kappa shape index (κ3) is 10.7. The van der Waals surface area contributed by atoms with Crippen LogP contribution < -0.4 is 4.74 Å². The molecule has 0 amide bonds. The summed E-state index contributed by atoms with van der Waals surface area (Å²) < 4.78 is 16.4. The topological polar surface area (TPSA) is 82.1 Å². The summed E-state index contributed by atoms with van der Waals surface area (Å²) in [6, 6.07) is 13.2. The van der Waals surface area contributed by atoms with Gasteiger partial charge in [0.2, 0.25) is 0 Å². The Morgan fingerprint density at radius 1 is 0.864 bits per heavy atom. The number of hydrogen-bond acceptors (Lipinski definition) is 6. The van der Waals surface area contributed by atoms with Gasteiger partial charge in [-0.2, -0.15) is 0 Å². The van der Waals surface area contributed by atoms with Gasteiger partial charge in [-0.15, -0.1) is 0 Å². The Morgan fingerprint density at radius 2 is 1.61 bits per heavy atom. The molecule has 240 valence electrons. The quantitative estimate of drug-likeness (QED) is 0.105. The molecule has 6 nitrogen and oxygen atoms in total. The largest absolute Gasteiger partial charge is 0.490 e. The van der Waals surface area contributed by atoms with Gasteiger partial charge in [-0.3, -0.25) is 0 Å². The minimum Gasteiger partial charge on any atom is -0.490 e. The Kier molecular flexibility index (Phi) is 14.7. The van der Waals surface area contributed by atoms with Crippen molar-refractivity contribution >= 4 is 11.9 Å². The number of carbonyl (C=O) groups excluding carboxylic acids is 2. The van der Waals surface area contributed by atoms with E-state index in [9.17, 15) is 9.59 Å². The summed E-state index contributed by atoms with van der Waals surface area (Å²) in [5, 5.41) is 9.06. The van der Waals surface area contributed by atoms with Gasteiger partial charge in [-0.1, -0.05) is 77.0 Å². The molecular weight excluding hydrogens is 552 g/mol. The van der Waals surface area contributed by atoms with Crippen LogP contribution >= 0.6 is 0 Å². The molecule has 1 aliphatic rings. The van der Waals surface area contributed by atoms with Crippen LogP contribution in [0.3, 0.4) is 0 Å². The highest BCUT2D eigenvalue weighted by Gasteiger charge is 2.23. The lowest BCUT2D eigenvalue weighted by Gasteiger charge is -2.29. The third-order valence-corrected chi connectivity index (χ3v) is 8.64. The zero-order chi connectivity index (χ0) is 31.9. The summed E-state index contributed by atoms with van der Waals surface area (Å²) in [7, 11) is 0. The first-order valence-electron chi connectivity index (χ1n) is 16.4. The SMILES string of the molecule is C=C(C)C(=O)OCCCc1cc(-c2ccc(C3CCC(CCCCC)CC3)cc2CC)ccc1OCCOC(=O)C(=C)CO. The van der Waals surface area contributed by atoms with Crippen molar-refractivity contribution in [2.24, 2.45) is 5.92 Å². The van der Waals surface area contributed by atoms with Gasteiger partial charge in [0.15, 0.2) is 0 Å². The smallest absolute Gasteiger partial charge is 0.335 e. The van der Waals surface area contributed by atoms with Gasteiger partial charge >= 0.3 is 11.9 Å². The van der Waals surface area contributed by atoms with E-state index in [1.807, 2.05) is 6.07 Å². The van der Waals surface area contributed by atoms with Gasteiger partial charge < -0.3 is 19.3 Å². The maximum atomic E-state index is 11.8. The highest BCUT2D eigenvalue weighted by atomic mass is 16.6. The first kappa shape index (κ1) is 35.1. The summed E-state index contributed by atoms with van der Waals surface area (Å²) in [6.45, 7) is 13.3. The van der Waals surface area contributed by atoms with E-state index < -0.39 is 12.6 Å². The first-order valence-corrected chi connectivity index (χ1v) is 16.4. The van der Waals surface area contributed by atoms with Crippen molar-refractivity contribution in [2.45, 2.75) is 97.3 Å². The van der Waals surface area contributed by atoms with Gasteiger partial charge in [0.25, 0.3) is 0 Å². The lowest BCUT2D eigenvalue weighted by Crippen LogP contribution is -2.15. The third-order valence-electron chi connectivity index (χ3n) is 8.64. The van der Waals surface area contributed by atoms with Crippen LogP contribution in [0.4, 0.5) is 0 Å². The number of aliphatic hydroxyl groups excluding tert-OH is 1. The highest BCUT2D eigenvalue weighted by Crippen LogP contribution is 2.39. The van der Waals surface area contributed by atoms with E-state index in [0.717, 1.165) is 23.5 Å². The lowest BCUT2D eigenvalue weighted by atomic mass is 9.76. The van der Waals surface area contributed by atoms with Crippen molar-refractivity contribution in [1.29, 1.82) is 0 Å². The zero-order valence-electron chi connectivity index (χ0n) is 27.1. The molecule has 6 heteroatoms. The Morgan fingerprint density at radius 3 is 2.30 bits per heavy atom. The van der Waals surface area contributed by atoms with Crippen LogP contribution in [0.25, 0.3) is 11.1 Å². The van der Waals surface area contributed by atoms with Crippen molar-refractivity contribution < 1.29 is 28.9 Å². The molecule has 1 saturated carbocycles. The van der Waals surface area contributed by atoms with E-state index in [1.54, 1.807) is 6.92 Å². The number of hydrogen-bond donors (Lipinski definition) is 1. The van der Waals surface area contributed by atoms with Crippen molar-refractivity contribution in [3.8, 4) is 16.9 Å². The molecule has 0 aromatic heterocycles. The first-order chi connectivity index (χ1) is 21.3. The van der Waals surface area contributed by atoms with Crippen LogP contribution in [0.2, 0.25) is 0 Å². The van der Waals surface area contributed by atoms with Crippen LogP contribution in [-0.2, 0) is 31.9 Å². The average molecular weight is 605 g/mol. The number of carbonyl (C=O) groups is 2. The van der Waals surface area contributed by atoms with Gasteiger partial charge in [0, 0.05) is 5.57 Å². The second-order valence-corrected chi connectivity index (χ2v) is 12.1. The van der Waals surface area contributed by atoms with E-state index in [2.05, 4.69) is 57.3 Å². The Balaban J connectivity index is 1.73. The minimum absolute atomic E-state index is 0.00665. The number of unbranched alkanes of at least 4 members (excludes halogenated alkanes) is 2. The molecule has 0 spiro atoms. The minimum atomic E-state index is -0.637. The van der Waals surface area contributed by atoms with E-state index in [-0.39, 0.29) is 31.4 Å². The van der Waals surface area contributed by atoms with Crippen LogP contribution in [0, 0.1) is 5.92 Å². The second kappa shape index (κ2) is 18.4. The fourth-order valence-electron chi connectivity index (χ4n) is 6.00. The fraction of sp³-hybridized carbons (Fsp3) is 0.526. The number of rotatable bonds is 18. The van der Waals surface area contributed by atoms with Crippen molar-refractivity contribution in [3.05, 3.63) is 77.4 Å². The second-order valence-electron chi connectivity index (χ2n) is 12.1. The highest BCUT2D eigenvalue weighted by molar-refractivity contribution is 5.88. The molecule has 3 rings (SSSR count). The molecule has 1 aliphatic carbocycles. The predicted octanol–water partition coefficient (Wildman–Crippen LogP) is 8.29. The van der Waals surface area contributed by atoms with E-state index in [1.165, 1.54) is 68.1 Å². The normalized spacial score (nSPS) is 16.3. The zero-order valence-corrected chi connectivity index (χ0v) is 27.1. The number of aryl methyl sites for hydroxylation is 2. The summed E-state index contributed by atoms with van der Waals surface area (Å²) in [5.41, 5.74) is 6.54. The molecule has 0 bridgehead atoms. The van der Waals surface area contributed by atoms with E-state index in [0.29, 0.717) is 30.1 Å². The maximum absolute atomic E-state index is 11.8. The van der Waals surface area contributed by atoms with Gasteiger partial charge in [-0.05, 0) is 104 Å². The number of esters is 2. The average Bonchev–Trinajstić information content (AvgIpc) is 3.04. The predicted molar refractivity (Wildman–Crippen MR) is 177 cm³/mol. The van der Waals surface area contributed by atoms with Gasteiger partial charge in [-0.25, -0.2) is 9.59 Å². The van der Waals surface area contributed by atoms with Crippen molar-refractivity contribution in [2.75, 3.05) is 26.4 Å². The molecule has 44 heavy (non-hydrogen) atoms. The van der Waals surface area contributed by atoms with Gasteiger partial charge in [0.05, 0.1) is 18.8 Å². The fourth-order valence-corrected chi connectivity index (χ4v) is 6.00. The van der Waals surface area contributed by atoms with Crippen molar-refractivity contribution in [1.82, 2.24) is 0 Å².